The first-order valence-corrected chi connectivity index (χ1v) is 11.3. The van der Waals surface area contributed by atoms with Crippen LogP contribution in [0.5, 0.6) is 0 Å². The largest absolute Gasteiger partial charge is 0.480 e. The highest BCUT2D eigenvalue weighted by atomic mass is 32.2. The molecule has 1 unspecified atom stereocenters. The third-order valence-electron chi connectivity index (χ3n) is 5.18. The van der Waals surface area contributed by atoms with Crippen molar-refractivity contribution in [3.05, 3.63) is 65.7 Å². The Bertz CT molecular complexity index is 907. The van der Waals surface area contributed by atoms with E-state index >= 15 is 0 Å². The van der Waals surface area contributed by atoms with E-state index in [0.717, 1.165) is 16.0 Å². The topological polar surface area (TPSA) is 95.5 Å². The molecule has 2 amide bonds. The second-order valence-electron chi connectivity index (χ2n) is 8.20. The van der Waals surface area contributed by atoms with Crippen molar-refractivity contribution in [2.45, 2.75) is 55.3 Å². The van der Waals surface area contributed by atoms with Crippen molar-refractivity contribution in [1.82, 2.24) is 10.6 Å². The molecule has 2 aromatic carbocycles. The molecule has 0 saturated carbocycles. The number of rotatable bonds is 9. The standard InChI is InChI=1S/C24H28N2O4S/c1-15(2)12-19(24(29)30)26-22(27)18(13-16-8-4-3-5-9-16)25-23(28)21-14-17-10-6-7-11-20(17)31-21/h3-11,15,18-19,21H,12-14H2,1-2H3,(H,25,28)(H,26,27)(H,29,30)/t18-,19-,21?/m0/s1. The summed E-state index contributed by atoms with van der Waals surface area (Å²) < 4.78 is 0. The van der Waals surface area contributed by atoms with E-state index in [1.54, 1.807) is 0 Å². The number of amides is 2. The van der Waals surface area contributed by atoms with E-state index in [1.165, 1.54) is 11.8 Å². The normalized spacial score (nSPS) is 16.9. The predicted molar refractivity (Wildman–Crippen MR) is 121 cm³/mol. The van der Waals surface area contributed by atoms with Crippen LogP contribution in [-0.2, 0) is 27.2 Å². The Kier molecular flexibility index (Phi) is 7.74. The fourth-order valence-electron chi connectivity index (χ4n) is 3.62. The molecule has 0 spiro atoms. The number of carbonyl (C=O) groups is 3. The Morgan fingerprint density at radius 1 is 1.00 bits per heavy atom. The van der Waals surface area contributed by atoms with Crippen LogP contribution in [0, 0.1) is 5.92 Å². The molecular weight excluding hydrogens is 412 g/mol. The molecule has 31 heavy (non-hydrogen) atoms. The third-order valence-corrected chi connectivity index (χ3v) is 6.49. The first-order valence-electron chi connectivity index (χ1n) is 10.5. The van der Waals surface area contributed by atoms with Crippen LogP contribution in [-0.4, -0.2) is 40.2 Å². The number of carboxylic acids is 1. The molecule has 3 rings (SSSR count). The van der Waals surface area contributed by atoms with Crippen LogP contribution in [0.1, 0.15) is 31.4 Å². The van der Waals surface area contributed by atoms with E-state index in [9.17, 15) is 19.5 Å². The van der Waals surface area contributed by atoms with Crippen molar-refractivity contribution in [2.24, 2.45) is 5.92 Å². The van der Waals surface area contributed by atoms with E-state index in [1.807, 2.05) is 68.4 Å². The lowest BCUT2D eigenvalue weighted by Crippen LogP contribution is -2.54. The lowest BCUT2D eigenvalue weighted by Gasteiger charge is -2.23. The highest BCUT2D eigenvalue weighted by molar-refractivity contribution is 8.01. The first-order chi connectivity index (χ1) is 14.8. The number of aliphatic carboxylic acids is 1. The fraction of sp³-hybridized carbons (Fsp3) is 0.375. The van der Waals surface area contributed by atoms with Gasteiger partial charge < -0.3 is 15.7 Å². The fourth-order valence-corrected chi connectivity index (χ4v) is 4.82. The van der Waals surface area contributed by atoms with E-state index in [-0.39, 0.29) is 23.5 Å². The van der Waals surface area contributed by atoms with Crippen molar-refractivity contribution in [3.63, 3.8) is 0 Å². The maximum absolute atomic E-state index is 13.0. The number of carboxylic acid groups (broad SMARTS) is 1. The molecule has 0 fully saturated rings. The number of fused-ring (bicyclic) bond motifs is 1. The Labute approximate surface area is 186 Å². The number of hydrogen-bond acceptors (Lipinski definition) is 4. The molecule has 1 aliphatic heterocycles. The van der Waals surface area contributed by atoms with E-state index in [2.05, 4.69) is 10.6 Å². The van der Waals surface area contributed by atoms with Gasteiger partial charge in [0, 0.05) is 11.3 Å². The van der Waals surface area contributed by atoms with Gasteiger partial charge in [0.05, 0.1) is 5.25 Å². The van der Waals surface area contributed by atoms with Gasteiger partial charge in [-0.25, -0.2) is 4.79 Å². The lowest BCUT2D eigenvalue weighted by molar-refractivity contribution is -0.142. The van der Waals surface area contributed by atoms with Crippen LogP contribution in [0.2, 0.25) is 0 Å². The van der Waals surface area contributed by atoms with Gasteiger partial charge in [0.1, 0.15) is 12.1 Å². The van der Waals surface area contributed by atoms with Gasteiger partial charge in [-0.3, -0.25) is 9.59 Å². The van der Waals surface area contributed by atoms with Gasteiger partial charge in [-0.1, -0.05) is 62.4 Å². The minimum absolute atomic E-state index is 0.108. The molecule has 0 aliphatic carbocycles. The number of benzene rings is 2. The smallest absolute Gasteiger partial charge is 0.326 e. The van der Waals surface area contributed by atoms with Crippen molar-refractivity contribution < 1.29 is 19.5 Å². The van der Waals surface area contributed by atoms with Crippen LogP contribution in [0.3, 0.4) is 0 Å². The maximum atomic E-state index is 13.0. The van der Waals surface area contributed by atoms with Gasteiger partial charge in [0.15, 0.2) is 0 Å². The minimum atomic E-state index is -1.08. The quantitative estimate of drug-likeness (QED) is 0.557. The zero-order chi connectivity index (χ0) is 22.4. The van der Waals surface area contributed by atoms with Gasteiger partial charge in [-0.05, 0) is 36.0 Å². The second-order valence-corrected chi connectivity index (χ2v) is 9.44. The molecule has 0 bridgehead atoms. The van der Waals surface area contributed by atoms with E-state index in [4.69, 9.17) is 0 Å². The Morgan fingerprint density at radius 3 is 2.32 bits per heavy atom. The Hall–Kier alpha value is -2.80. The summed E-state index contributed by atoms with van der Waals surface area (Å²) in [5, 5.41) is 14.7. The molecule has 2 aromatic rings. The van der Waals surface area contributed by atoms with Crippen LogP contribution < -0.4 is 10.6 Å². The average molecular weight is 441 g/mol. The summed E-state index contributed by atoms with van der Waals surface area (Å²) in [5.74, 6) is -1.66. The van der Waals surface area contributed by atoms with Crippen LogP contribution >= 0.6 is 11.8 Å². The van der Waals surface area contributed by atoms with Gasteiger partial charge >= 0.3 is 5.97 Å². The number of nitrogens with one attached hydrogen (secondary N) is 2. The summed E-state index contributed by atoms with van der Waals surface area (Å²) in [4.78, 5) is 38.7. The summed E-state index contributed by atoms with van der Waals surface area (Å²) in [6.45, 7) is 3.81. The van der Waals surface area contributed by atoms with Crippen molar-refractivity contribution in [1.29, 1.82) is 0 Å². The van der Waals surface area contributed by atoms with E-state index in [0.29, 0.717) is 12.8 Å². The number of carbonyl (C=O) groups excluding carboxylic acids is 2. The molecule has 1 aliphatic rings. The molecule has 0 saturated heterocycles. The van der Waals surface area contributed by atoms with Gasteiger partial charge in [0.25, 0.3) is 0 Å². The molecule has 1 heterocycles. The van der Waals surface area contributed by atoms with Crippen molar-refractivity contribution in [3.8, 4) is 0 Å². The summed E-state index contributed by atoms with van der Waals surface area (Å²) in [6.07, 6.45) is 1.22. The Balaban J connectivity index is 1.72. The highest BCUT2D eigenvalue weighted by Gasteiger charge is 2.32. The molecular formula is C24H28N2O4S. The molecule has 3 N–H and O–H groups in total. The summed E-state index contributed by atoms with van der Waals surface area (Å²) in [7, 11) is 0. The van der Waals surface area contributed by atoms with Crippen molar-refractivity contribution in [2.75, 3.05) is 0 Å². The zero-order valence-electron chi connectivity index (χ0n) is 17.7. The van der Waals surface area contributed by atoms with Crippen LogP contribution in [0.25, 0.3) is 0 Å². The molecule has 164 valence electrons. The molecule has 0 radical (unpaired) electrons. The molecule has 3 atom stereocenters. The predicted octanol–water partition coefficient (Wildman–Crippen LogP) is 3.05. The van der Waals surface area contributed by atoms with Crippen molar-refractivity contribution >= 4 is 29.5 Å². The Morgan fingerprint density at radius 2 is 1.68 bits per heavy atom. The second kappa shape index (κ2) is 10.5. The average Bonchev–Trinajstić information content (AvgIpc) is 3.17. The maximum Gasteiger partial charge on any atom is 0.326 e. The molecule has 6 nitrogen and oxygen atoms in total. The number of hydrogen-bond donors (Lipinski definition) is 3. The van der Waals surface area contributed by atoms with Gasteiger partial charge in [0.2, 0.25) is 11.8 Å². The minimum Gasteiger partial charge on any atom is -0.480 e. The monoisotopic (exact) mass is 440 g/mol. The number of thioether (sulfide) groups is 1. The van der Waals surface area contributed by atoms with Crippen LogP contribution in [0.15, 0.2) is 59.5 Å². The SMILES string of the molecule is CC(C)C[C@H](NC(=O)[C@H](Cc1ccccc1)NC(=O)C1Cc2ccccc2S1)C(=O)O. The molecule has 0 aromatic heterocycles. The third kappa shape index (κ3) is 6.34. The highest BCUT2D eigenvalue weighted by Crippen LogP contribution is 2.36. The first kappa shape index (κ1) is 22.9. The summed E-state index contributed by atoms with van der Waals surface area (Å²) in [6, 6.07) is 15.4. The van der Waals surface area contributed by atoms with E-state index < -0.39 is 24.0 Å². The lowest BCUT2D eigenvalue weighted by atomic mass is 10.0. The van der Waals surface area contributed by atoms with Gasteiger partial charge in [-0.2, -0.15) is 0 Å². The zero-order valence-corrected chi connectivity index (χ0v) is 18.5. The van der Waals surface area contributed by atoms with Gasteiger partial charge in [-0.15, -0.1) is 11.8 Å². The summed E-state index contributed by atoms with van der Waals surface area (Å²) in [5.41, 5.74) is 2.01. The summed E-state index contributed by atoms with van der Waals surface area (Å²) >= 11 is 1.49. The molecule has 7 heteroatoms. The van der Waals surface area contributed by atoms with Crippen LogP contribution in [0.4, 0.5) is 0 Å².